The first-order chi connectivity index (χ1) is 21.6. The molecule has 0 aliphatic rings. The van der Waals surface area contributed by atoms with Gasteiger partial charge in [0.15, 0.2) is 0 Å². The highest BCUT2D eigenvalue weighted by molar-refractivity contribution is 8.14. The van der Waals surface area contributed by atoms with Crippen LogP contribution in [0.3, 0.4) is 0 Å². The van der Waals surface area contributed by atoms with E-state index in [9.17, 15) is 9.59 Å². The summed E-state index contributed by atoms with van der Waals surface area (Å²) in [5.74, 6) is 1.36. The molecule has 0 aliphatic carbocycles. The van der Waals surface area contributed by atoms with Gasteiger partial charge in [0.2, 0.25) is 10.2 Å². The third kappa shape index (κ3) is 9.87. The molecule has 0 bridgehead atoms. The van der Waals surface area contributed by atoms with Gasteiger partial charge in [-0.2, -0.15) is 0 Å². The van der Waals surface area contributed by atoms with Gasteiger partial charge < -0.3 is 4.74 Å². The van der Waals surface area contributed by atoms with Gasteiger partial charge in [-0.15, -0.1) is 0 Å². The van der Waals surface area contributed by atoms with Gasteiger partial charge in [-0.1, -0.05) is 95.2 Å². The van der Waals surface area contributed by atoms with Gasteiger partial charge in [0, 0.05) is 20.9 Å². The van der Waals surface area contributed by atoms with Crippen molar-refractivity contribution < 1.29 is 14.3 Å². The Bertz CT molecular complexity index is 1540. The van der Waals surface area contributed by atoms with E-state index in [4.69, 9.17) is 4.74 Å². The number of ether oxygens (including phenoxy) is 1. The summed E-state index contributed by atoms with van der Waals surface area (Å²) in [7, 11) is 0. The second-order valence-electron chi connectivity index (χ2n) is 16.4. The van der Waals surface area contributed by atoms with Crippen molar-refractivity contribution in [1.82, 2.24) is 0 Å². The average Bonchev–Trinajstić information content (AvgIpc) is 2.97. The Labute approximate surface area is 291 Å². The van der Waals surface area contributed by atoms with E-state index in [2.05, 4.69) is 95.2 Å². The lowest BCUT2D eigenvalue weighted by Crippen LogP contribution is -2.17. The zero-order valence-electron chi connectivity index (χ0n) is 30.1. The normalized spacial score (nSPS) is 12.6. The van der Waals surface area contributed by atoms with Gasteiger partial charge in [-0.25, -0.2) is 0 Å². The molecule has 0 spiro atoms. The maximum atomic E-state index is 13.4. The minimum absolute atomic E-state index is 0.0256. The van der Waals surface area contributed by atoms with Crippen molar-refractivity contribution in [2.24, 2.45) is 0 Å². The van der Waals surface area contributed by atoms with Crippen LogP contribution in [0.15, 0.2) is 94.7 Å². The molecule has 0 N–H and O–H groups in total. The Morgan fingerprint density at radius 3 is 0.915 bits per heavy atom. The highest BCUT2D eigenvalue weighted by Gasteiger charge is 2.24. The Morgan fingerprint density at radius 1 is 0.426 bits per heavy atom. The van der Waals surface area contributed by atoms with Crippen molar-refractivity contribution in [3.8, 4) is 11.5 Å². The van der Waals surface area contributed by atoms with Crippen LogP contribution >= 0.6 is 23.5 Å². The van der Waals surface area contributed by atoms with Crippen LogP contribution in [0.4, 0.5) is 0 Å². The predicted molar refractivity (Wildman–Crippen MR) is 201 cm³/mol. The summed E-state index contributed by atoms with van der Waals surface area (Å²) in [6, 6.07) is 27.7. The van der Waals surface area contributed by atoms with Crippen molar-refractivity contribution in [1.29, 1.82) is 0 Å². The summed E-state index contributed by atoms with van der Waals surface area (Å²) in [5, 5.41) is 0.0512. The molecule has 4 aromatic carbocycles. The van der Waals surface area contributed by atoms with Gasteiger partial charge >= 0.3 is 0 Å². The third-order valence-electron chi connectivity index (χ3n) is 8.11. The summed E-state index contributed by atoms with van der Waals surface area (Å²) in [5.41, 5.74) is 5.88. The molecule has 5 heteroatoms. The molecule has 0 saturated carbocycles. The average molecular weight is 667 g/mol. The van der Waals surface area contributed by atoms with Gasteiger partial charge in [-0.3, -0.25) is 9.59 Å². The molecular weight excluding hydrogens is 617 g/mol. The fraction of sp³-hybridized carbons (Fsp3) is 0.381. The molecule has 0 fully saturated rings. The molecule has 0 aromatic heterocycles. The van der Waals surface area contributed by atoms with Gasteiger partial charge in [0.1, 0.15) is 11.5 Å². The molecule has 0 amide bonds. The van der Waals surface area contributed by atoms with Crippen molar-refractivity contribution in [2.45, 2.75) is 115 Å². The quantitative estimate of drug-likeness (QED) is 0.192. The van der Waals surface area contributed by atoms with E-state index in [1.807, 2.05) is 72.8 Å². The minimum atomic E-state index is -0.0550. The molecule has 4 aromatic rings. The Hall–Kier alpha value is -3.28. The number of hydrogen-bond donors (Lipinski definition) is 0. The first kappa shape index (κ1) is 36.6. The van der Waals surface area contributed by atoms with E-state index in [0.29, 0.717) is 11.5 Å². The van der Waals surface area contributed by atoms with Crippen LogP contribution in [0.2, 0.25) is 0 Å². The zero-order valence-corrected chi connectivity index (χ0v) is 31.8. The molecule has 0 aliphatic heterocycles. The number of carbonyl (C=O) groups excluding carboxylic acids is 2. The highest BCUT2D eigenvalue weighted by atomic mass is 32.2. The number of carbonyl (C=O) groups is 2. The monoisotopic (exact) mass is 666 g/mol. The smallest absolute Gasteiger partial charge is 0.224 e. The lowest BCUT2D eigenvalue weighted by atomic mass is 9.79. The Kier molecular flexibility index (Phi) is 10.6. The standard InChI is InChI=1S/C42H50O3S2/c1-39(2,3)29-21-27(22-30(25-29)40(4,5)6)37(43)46-35-17-13-33(14-18-35)45-34-15-19-36(20-16-34)47-38(44)28-23-31(41(7,8)9)26-32(24-28)42(10,11)12/h13-26H,1-12H3. The first-order valence-electron chi connectivity index (χ1n) is 16.2. The first-order valence-corrected chi connectivity index (χ1v) is 17.9. The summed E-state index contributed by atoms with van der Waals surface area (Å²) >= 11 is 2.46. The van der Waals surface area contributed by atoms with Crippen LogP contribution in [-0.4, -0.2) is 10.2 Å². The van der Waals surface area contributed by atoms with Crippen LogP contribution in [0.5, 0.6) is 11.5 Å². The number of hydrogen-bond acceptors (Lipinski definition) is 5. The summed E-state index contributed by atoms with van der Waals surface area (Å²) in [6.45, 7) is 26.1. The number of rotatable bonds is 6. The SMILES string of the molecule is CC(C)(C)c1cc(C(=O)Sc2ccc(Oc3ccc(SC(=O)c4cc(C(C)(C)C)cc(C(C)(C)C)c4)cc3)cc2)cc(C(C)(C)C)c1. The second kappa shape index (κ2) is 13.7. The number of thioether (sulfide) groups is 2. The minimum Gasteiger partial charge on any atom is -0.457 e. The van der Waals surface area contributed by atoms with Crippen molar-refractivity contribution in [2.75, 3.05) is 0 Å². The second-order valence-corrected chi connectivity index (χ2v) is 18.5. The molecule has 0 unspecified atom stereocenters. The van der Waals surface area contributed by atoms with Crippen molar-refractivity contribution in [3.05, 3.63) is 118 Å². The van der Waals surface area contributed by atoms with Gasteiger partial charge in [-0.05, 0) is 140 Å². The van der Waals surface area contributed by atoms with E-state index in [0.717, 1.165) is 43.2 Å². The van der Waals surface area contributed by atoms with E-state index in [1.165, 1.54) is 23.5 Å². The fourth-order valence-corrected chi connectivity index (χ4v) is 6.29. The molecule has 3 nitrogen and oxygen atoms in total. The van der Waals surface area contributed by atoms with Crippen molar-refractivity contribution >= 4 is 33.8 Å². The molecule has 248 valence electrons. The maximum Gasteiger partial charge on any atom is 0.224 e. The van der Waals surface area contributed by atoms with E-state index < -0.39 is 0 Å². The lowest BCUT2D eigenvalue weighted by Gasteiger charge is -2.26. The van der Waals surface area contributed by atoms with E-state index >= 15 is 0 Å². The Morgan fingerprint density at radius 2 is 0.681 bits per heavy atom. The molecule has 47 heavy (non-hydrogen) atoms. The molecule has 0 radical (unpaired) electrons. The molecule has 0 heterocycles. The van der Waals surface area contributed by atoms with Crippen LogP contribution in [0, 0.1) is 0 Å². The van der Waals surface area contributed by atoms with Gasteiger partial charge in [0.05, 0.1) is 0 Å². The van der Waals surface area contributed by atoms with Crippen LogP contribution in [0.1, 0.15) is 126 Å². The van der Waals surface area contributed by atoms with E-state index in [-0.39, 0.29) is 31.9 Å². The molecule has 4 rings (SSSR count). The number of benzene rings is 4. The largest absolute Gasteiger partial charge is 0.457 e. The van der Waals surface area contributed by atoms with Crippen LogP contribution < -0.4 is 4.74 Å². The fourth-order valence-electron chi connectivity index (χ4n) is 4.84. The maximum absolute atomic E-state index is 13.4. The van der Waals surface area contributed by atoms with Crippen LogP contribution in [-0.2, 0) is 21.7 Å². The van der Waals surface area contributed by atoms with E-state index in [1.54, 1.807) is 0 Å². The zero-order chi connectivity index (χ0) is 34.9. The highest BCUT2D eigenvalue weighted by Crippen LogP contribution is 2.35. The summed E-state index contributed by atoms with van der Waals surface area (Å²) < 4.78 is 6.09. The third-order valence-corrected chi connectivity index (χ3v) is 9.96. The summed E-state index contributed by atoms with van der Waals surface area (Å²) in [4.78, 5) is 28.5. The van der Waals surface area contributed by atoms with Crippen LogP contribution in [0.25, 0.3) is 0 Å². The Balaban J connectivity index is 1.42. The topological polar surface area (TPSA) is 43.4 Å². The molecule has 0 saturated heterocycles. The molecular formula is C42H50O3S2. The van der Waals surface area contributed by atoms with Crippen molar-refractivity contribution in [3.63, 3.8) is 0 Å². The van der Waals surface area contributed by atoms with Gasteiger partial charge in [0.25, 0.3) is 0 Å². The lowest BCUT2D eigenvalue weighted by molar-refractivity contribution is 0.108. The predicted octanol–water partition coefficient (Wildman–Crippen LogP) is 12.5. The summed E-state index contributed by atoms with van der Waals surface area (Å²) in [6.07, 6.45) is 0. The molecule has 0 atom stereocenters.